The standard InChI is InChI=1S/C11H13BrN4/c1-8-5-10(14-6-9(8)12)15-7-11-13-3-4-16(11)2/h3-6H,7H2,1-2H3,(H,14,15). The Bertz CT molecular complexity index is 492. The first kappa shape index (κ1) is 11.1. The van der Waals surface area contributed by atoms with Crippen molar-refractivity contribution in [3.05, 3.63) is 40.5 Å². The average molecular weight is 281 g/mol. The van der Waals surface area contributed by atoms with Gasteiger partial charge in [0.1, 0.15) is 11.6 Å². The van der Waals surface area contributed by atoms with Crippen LogP contribution in [-0.4, -0.2) is 14.5 Å². The van der Waals surface area contributed by atoms with Crippen molar-refractivity contribution in [2.45, 2.75) is 13.5 Å². The van der Waals surface area contributed by atoms with Crippen molar-refractivity contribution in [1.82, 2.24) is 14.5 Å². The summed E-state index contributed by atoms with van der Waals surface area (Å²) >= 11 is 3.42. The van der Waals surface area contributed by atoms with Crippen molar-refractivity contribution >= 4 is 21.7 Å². The number of halogens is 1. The fourth-order valence-electron chi connectivity index (χ4n) is 1.37. The fraction of sp³-hybridized carbons (Fsp3) is 0.273. The molecule has 2 heterocycles. The molecule has 2 aromatic heterocycles. The molecule has 4 nitrogen and oxygen atoms in total. The van der Waals surface area contributed by atoms with Crippen molar-refractivity contribution in [1.29, 1.82) is 0 Å². The van der Waals surface area contributed by atoms with E-state index in [1.807, 2.05) is 30.8 Å². The molecule has 0 fully saturated rings. The van der Waals surface area contributed by atoms with Crippen molar-refractivity contribution in [3.63, 3.8) is 0 Å². The van der Waals surface area contributed by atoms with Gasteiger partial charge in [0.25, 0.3) is 0 Å². The predicted octanol–water partition coefficient (Wildman–Crippen LogP) is 2.50. The minimum Gasteiger partial charge on any atom is -0.363 e. The number of hydrogen-bond donors (Lipinski definition) is 1. The average Bonchev–Trinajstić information content (AvgIpc) is 2.66. The quantitative estimate of drug-likeness (QED) is 0.940. The van der Waals surface area contributed by atoms with Gasteiger partial charge in [0, 0.05) is 30.1 Å². The smallest absolute Gasteiger partial charge is 0.127 e. The Labute approximate surface area is 103 Å². The molecule has 84 valence electrons. The molecule has 0 atom stereocenters. The Kier molecular flexibility index (Phi) is 3.24. The number of aryl methyl sites for hydroxylation is 2. The number of nitrogens with one attached hydrogen (secondary N) is 1. The van der Waals surface area contributed by atoms with Gasteiger partial charge in [0.05, 0.1) is 6.54 Å². The van der Waals surface area contributed by atoms with Gasteiger partial charge in [0.2, 0.25) is 0 Å². The summed E-state index contributed by atoms with van der Waals surface area (Å²) in [5.41, 5.74) is 1.16. The van der Waals surface area contributed by atoms with Crippen LogP contribution in [0.1, 0.15) is 11.4 Å². The third kappa shape index (κ3) is 2.41. The first-order valence-electron chi connectivity index (χ1n) is 4.99. The fourth-order valence-corrected chi connectivity index (χ4v) is 1.59. The van der Waals surface area contributed by atoms with Crippen LogP contribution in [0.5, 0.6) is 0 Å². The number of rotatable bonds is 3. The highest BCUT2D eigenvalue weighted by Gasteiger charge is 2.01. The molecule has 0 bridgehead atoms. The van der Waals surface area contributed by atoms with Crippen LogP contribution in [0.15, 0.2) is 29.1 Å². The third-order valence-corrected chi connectivity index (χ3v) is 3.23. The van der Waals surface area contributed by atoms with E-state index in [0.717, 1.165) is 21.7 Å². The van der Waals surface area contributed by atoms with E-state index in [1.165, 1.54) is 0 Å². The molecule has 0 saturated heterocycles. The molecule has 16 heavy (non-hydrogen) atoms. The van der Waals surface area contributed by atoms with Crippen LogP contribution in [0.4, 0.5) is 5.82 Å². The third-order valence-electron chi connectivity index (χ3n) is 2.40. The number of anilines is 1. The lowest BCUT2D eigenvalue weighted by Crippen LogP contribution is -2.06. The monoisotopic (exact) mass is 280 g/mol. The summed E-state index contributed by atoms with van der Waals surface area (Å²) in [4.78, 5) is 8.51. The lowest BCUT2D eigenvalue weighted by atomic mass is 10.3. The Balaban J connectivity index is 2.05. The van der Waals surface area contributed by atoms with Gasteiger partial charge in [-0.2, -0.15) is 0 Å². The van der Waals surface area contributed by atoms with Gasteiger partial charge in [-0.3, -0.25) is 0 Å². The number of hydrogen-bond acceptors (Lipinski definition) is 3. The molecule has 0 spiro atoms. The minimum atomic E-state index is 0.678. The Morgan fingerprint density at radius 2 is 2.25 bits per heavy atom. The highest BCUT2D eigenvalue weighted by atomic mass is 79.9. The number of imidazole rings is 1. The van der Waals surface area contributed by atoms with E-state index in [-0.39, 0.29) is 0 Å². The Hall–Kier alpha value is -1.36. The molecule has 2 aromatic rings. The molecule has 0 aliphatic heterocycles. The zero-order valence-electron chi connectivity index (χ0n) is 9.24. The van der Waals surface area contributed by atoms with Crippen LogP contribution in [0.3, 0.4) is 0 Å². The molecular formula is C11H13BrN4. The molecule has 0 aliphatic carbocycles. The normalized spacial score (nSPS) is 10.4. The molecule has 0 radical (unpaired) electrons. The zero-order valence-corrected chi connectivity index (χ0v) is 10.8. The van der Waals surface area contributed by atoms with Crippen LogP contribution >= 0.6 is 15.9 Å². The van der Waals surface area contributed by atoms with Crippen LogP contribution in [0, 0.1) is 6.92 Å². The highest BCUT2D eigenvalue weighted by Crippen LogP contribution is 2.17. The maximum absolute atomic E-state index is 4.27. The summed E-state index contributed by atoms with van der Waals surface area (Å²) in [6.07, 6.45) is 5.52. The largest absolute Gasteiger partial charge is 0.363 e. The summed E-state index contributed by atoms with van der Waals surface area (Å²) in [6.45, 7) is 2.72. The molecule has 2 rings (SSSR count). The van der Waals surface area contributed by atoms with Crippen molar-refractivity contribution in [3.8, 4) is 0 Å². The summed E-state index contributed by atoms with van der Waals surface area (Å²) in [5, 5.41) is 3.24. The summed E-state index contributed by atoms with van der Waals surface area (Å²) < 4.78 is 3.01. The first-order chi connectivity index (χ1) is 7.66. The summed E-state index contributed by atoms with van der Waals surface area (Å²) in [6, 6.07) is 2.01. The molecular weight excluding hydrogens is 268 g/mol. The van der Waals surface area contributed by atoms with E-state index in [0.29, 0.717) is 6.54 Å². The lowest BCUT2D eigenvalue weighted by molar-refractivity contribution is 0.810. The maximum atomic E-state index is 4.27. The molecule has 0 aliphatic rings. The number of nitrogens with zero attached hydrogens (tertiary/aromatic N) is 3. The maximum Gasteiger partial charge on any atom is 0.127 e. The van der Waals surface area contributed by atoms with E-state index < -0.39 is 0 Å². The number of aromatic nitrogens is 3. The summed E-state index contributed by atoms with van der Waals surface area (Å²) in [5.74, 6) is 1.85. The lowest BCUT2D eigenvalue weighted by Gasteiger charge is -2.07. The van der Waals surface area contributed by atoms with Gasteiger partial charge in [0.15, 0.2) is 0 Å². The predicted molar refractivity (Wildman–Crippen MR) is 67.2 cm³/mol. The summed E-state index contributed by atoms with van der Waals surface area (Å²) in [7, 11) is 1.98. The van der Waals surface area contributed by atoms with E-state index in [9.17, 15) is 0 Å². The van der Waals surface area contributed by atoms with Crippen molar-refractivity contribution < 1.29 is 0 Å². The van der Waals surface area contributed by atoms with E-state index in [1.54, 1.807) is 12.4 Å². The van der Waals surface area contributed by atoms with Crippen LogP contribution in [-0.2, 0) is 13.6 Å². The van der Waals surface area contributed by atoms with Crippen LogP contribution < -0.4 is 5.32 Å². The highest BCUT2D eigenvalue weighted by molar-refractivity contribution is 9.10. The topological polar surface area (TPSA) is 42.7 Å². The molecule has 0 saturated carbocycles. The van der Waals surface area contributed by atoms with Gasteiger partial charge < -0.3 is 9.88 Å². The van der Waals surface area contributed by atoms with Gasteiger partial charge in [-0.25, -0.2) is 9.97 Å². The first-order valence-corrected chi connectivity index (χ1v) is 5.78. The van der Waals surface area contributed by atoms with Gasteiger partial charge >= 0.3 is 0 Å². The second-order valence-electron chi connectivity index (χ2n) is 3.63. The van der Waals surface area contributed by atoms with Crippen molar-refractivity contribution in [2.24, 2.45) is 7.05 Å². The van der Waals surface area contributed by atoms with E-state index in [2.05, 4.69) is 31.2 Å². The molecule has 0 unspecified atom stereocenters. The second-order valence-corrected chi connectivity index (χ2v) is 4.48. The Morgan fingerprint density at radius 3 is 2.88 bits per heavy atom. The van der Waals surface area contributed by atoms with Crippen LogP contribution in [0.25, 0.3) is 0 Å². The second kappa shape index (κ2) is 4.65. The molecule has 5 heteroatoms. The van der Waals surface area contributed by atoms with Gasteiger partial charge in [-0.1, -0.05) is 0 Å². The minimum absolute atomic E-state index is 0.678. The Morgan fingerprint density at radius 1 is 1.44 bits per heavy atom. The van der Waals surface area contributed by atoms with E-state index >= 15 is 0 Å². The van der Waals surface area contributed by atoms with E-state index in [4.69, 9.17) is 0 Å². The van der Waals surface area contributed by atoms with Gasteiger partial charge in [-0.05, 0) is 34.5 Å². The number of pyridine rings is 1. The van der Waals surface area contributed by atoms with Crippen LogP contribution in [0.2, 0.25) is 0 Å². The zero-order chi connectivity index (χ0) is 11.5. The SMILES string of the molecule is Cc1cc(NCc2nccn2C)ncc1Br. The molecule has 1 N–H and O–H groups in total. The van der Waals surface area contributed by atoms with Gasteiger partial charge in [-0.15, -0.1) is 0 Å². The molecule has 0 amide bonds. The molecule has 0 aromatic carbocycles. The van der Waals surface area contributed by atoms with Crippen molar-refractivity contribution in [2.75, 3.05) is 5.32 Å².